The molecule has 14 heavy (non-hydrogen) atoms. The lowest BCUT2D eigenvalue weighted by Crippen LogP contribution is -2.42. The van der Waals surface area contributed by atoms with Gasteiger partial charge in [-0.25, -0.2) is 0 Å². The average molecular weight is 202 g/mol. The molecule has 0 saturated carbocycles. The van der Waals surface area contributed by atoms with Crippen molar-refractivity contribution >= 4 is 11.8 Å². The molecule has 2 amide bonds. The Labute approximate surface area is 83.7 Å². The van der Waals surface area contributed by atoms with Gasteiger partial charge in [0, 0.05) is 19.6 Å². The van der Waals surface area contributed by atoms with E-state index >= 15 is 0 Å². The zero-order chi connectivity index (χ0) is 11.2. The molecule has 0 aliphatic heterocycles. The number of aliphatic hydroxyl groups excluding tert-OH is 1. The largest absolute Gasteiger partial charge is 0.396 e. The molecule has 0 aromatic carbocycles. The lowest BCUT2D eigenvalue weighted by atomic mass is 9.93. The Hall–Kier alpha value is -1.10. The Balaban J connectivity index is 3.82. The molecule has 0 aromatic heterocycles. The Morgan fingerprint density at radius 1 is 1.43 bits per heavy atom. The highest BCUT2D eigenvalue weighted by molar-refractivity contribution is 5.82. The minimum absolute atomic E-state index is 0.00731. The average Bonchev–Trinajstić information content (AvgIpc) is 2.11. The van der Waals surface area contributed by atoms with E-state index < -0.39 is 11.3 Å². The zero-order valence-electron chi connectivity index (χ0n) is 8.67. The molecule has 5 heteroatoms. The van der Waals surface area contributed by atoms with Crippen LogP contribution in [0.15, 0.2) is 0 Å². The monoisotopic (exact) mass is 202 g/mol. The van der Waals surface area contributed by atoms with Crippen LogP contribution in [0.4, 0.5) is 0 Å². The summed E-state index contributed by atoms with van der Waals surface area (Å²) in [6.07, 6.45) is 0.703. The Morgan fingerprint density at radius 3 is 2.43 bits per heavy atom. The van der Waals surface area contributed by atoms with Crippen molar-refractivity contribution in [2.24, 2.45) is 11.1 Å². The second-order valence-corrected chi connectivity index (χ2v) is 3.85. The molecule has 0 aliphatic rings. The summed E-state index contributed by atoms with van der Waals surface area (Å²) in [5.41, 5.74) is 4.40. The highest BCUT2D eigenvalue weighted by Gasteiger charge is 2.25. The summed E-state index contributed by atoms with van der Waals surface area (Å²) < 4.78 is 0. The van der Waals surface area contributed by atoms with Gasteiger partial charge in [0.1, 0.15) is 0 Å². The molecule has 0 unspecified atom stereocenters. The molecular formula is C9H18N2O3. The third kappa shape index (κ3) is 4.81. The number of nitrogens with two attached hydrogens (primary N) is 1. The predicted octanol–water partition coefficient (Wildman–Crippen LogP) is -0.613. The summed E-state index contributed by atoms with van der Waals surface area (Å²) in [5, 5.41) is 11.1. The normalized spacial score (nSPS) is 11.1. The van der Waals surface area contributed by atoms with Gasteiger partial charge in [0.2, 0.25) is 11.8 Å². The lowest BCUT2D eigenvalue weighted by Gasteiger charge is -2.20. The molecule has 0 bridgehead atoms. The van der Waals surface area contributed by atoms with E-state index in [1.54, 1.807) is 13.8 Å². The van der Waals surface area contributed by atoms with E-state index in [9.17, 15) is 9.59 Å². The third-order valence-electron chi connectivity index (χ3n) is 1.96. The Morgan fingerprint density at radius 2 is 2.00 bits per heavy atom. The van der Waals surface area contributed by atoms with E-state index in [0.29, 0.717) is 6.42 Å². The number of aliphatic hydroxyl groups is 1. The van der Waals surface area contributed by atoms with E-state index in [-0.39, 0.29) is 25.5 Å². The highest BCUT2D eigenvalue weighted by atomic mass is 16.3. The van der Waals surface area contributed by atoms with Gasteiger partial charge >= 0.3 is 0 Å². The van der Waals surface area contributed by atoms with Crippen molar-refractivity contribution in [2.45, 2.75) is 26.7 Å². The van der Waals surface area contributed by atoms with Crippen LogP contribution in [0, 0.1) is 5.41 Å². The summed E-state index contributed by atoms with van der Waals surface area (Å²) in [4.78, 5) is 22.0. The van der Waals surface area contributed by atoms with Crippen molar-refractivity contribution in [2.75, 3.05) is 13.2 Å². The smallest absolute Gasteiger partial charge is 0.224 e. The molecule has 82 valence electrons. The molecule has 0 heterocycles. The van der Waals surface area contributed by atoms with Gasteiger partial charge in [0.15, 0.2) is 0 Å². The van der Waals surface area contributed by atoms with Gasteiger partial charge in [-0.3, -0.25) is 9.59 Å². The van der Waals surface area contributed by atoms with E-state index in [4.69, 9.17) is 10.8 Å². The molecular weight excluding hydrogens is 184 g/mol. The van der Waals surface area contributed by atoms with Crippen molar-refractivity contribution in [1.82, 2.24) is 5.32 Å². The molecule has 5 nitrogen and oxygen atoms in total. The predicted molar refractivity (Wildman–Crippen MR) is 52.3 cm³/mol. The van der Waals surface area contributed by atoms with Crippen LogP contribution < -0.4 is 11.1 Å². The van der Waals surface area contributed by atoms with E-state index in [1.165, 1.54) is 0 Å². The first kappa shape index (κ1) is 12.9. The first-order valence-corrected chi connectivity index (χ1v) is 4.57. The first-order valence-electron chi connectivity index (χ1n) is 4.57. The molecule has 0 aliphatic carbocycles. The van der Waals surface area contributed by atoms with Gasteiger partial charge in [-0.2, -0.15) is 0 Å². The fraction of sp³-hybridized carbons (Fsp3) is 0.778. The highest BCUT2D eigenvalue weighted by Crippen LogP contribution is 2.11. The summed E-state index contributed by atoms with van der Waals surface area (Å²) in [6, 6.07) is 0. The molecule has 0 radical (unpaired) electrons. The van der Waals surface area contributed by atoms with Gasteiger partial charge in [0.25, 0.3) is 0 Å². The summed E-state index contributed by atoms with van der Waals surface area (Å²) in [5.74, 6) is -0.617. The molecule has 0 aromatic rings. The van der Waals surface area contributed by atoms with Crippen molar-refractivity contribution in [3.05, 3.63) is 0 Å². The van der Waals surface area contributed by atoms with E-state index in [2.05, 4.69) is 5.32 Å². The van der Waals surface area contributed by atoms with Crippen LogP contribution in [0.3, 0.4) is 0 Å². The van der Waals surface area contributed by atoms with Crippen molar-refractivity contribution in [3.8, 4) is 0 Å². The third-order valence-corrected chi connectivity index (χ3v) is 1.96. The van der Waals surface area contributed by atoms with Gasteiger partial charge in [-0.15, -0.1) is 0 Å². The van der Waals surface area contributed by atoms with Crippen LogP contribution in [-0.4, -0.2) is 30.1 Å². The minimum Gasteiger partial charge on any atom is -0.396 e. The van der Waals surface area contributed by atoms with Crippen LogP contribution in [-0.2, 0) is 9.59 Å². The Kier molecular flexibility index (Phi) is 5.15. The lowest BCUT2D eigenvalue weighted by molar-refractivity contribution is -0.127. The quantitative estimate of drug-likeness (QED) is 0.536. The number of carbonyl (C=O) groups excluding carboxylic acids is 2. The molecule has 4 N–H and O–H groups in total. The van der Waals surface area contributed by atoms with Gasteiger partial charge in [-0.05, 0) is 20.3 Å². The fourth-order valence-electron chi connectivity index (χ4n) is 0.735. The number of primary amides is 1. The summed E-state index contributed by atoms with van der Waals surface area (Å²) in [7, 11) is 0. The Bertz CT molecular complexity index is 214. The summed E-state index contributed by atoms with van der Waals surface area (Å²) in [6.45, 7) is 3.56. The second-order valence-electron chi connectivity index (χ2n) is 3.85. The zero-order valence-corrected chi connectivity index (χ0v) is 8.67. The topological polar surface area (TPSA) is 92.4 Å². The molecule has 0 fully saturated rings. The van der Waals surface area contributed by atoms with E-state index in [0.717, 1.165) is 0 Å². The minimum atomic E-state index is -0.727. The number of hydrogen-bond donors (Lipinski definition) is 3. The van der Waals surface area contributed by atoms with Crippen molar-refractivity contribution in [3.63, 3.8) is 0 Å². The summed E-state index contributed by atoms with van der Waals surface area (Å²) >= 11 is 0. The number of rotatable bonds is 6. The maximum Gasteiger partial charge on any atom is 0.224 e. The number of amides is 2. The van der Waals surface area contributed by atoms with Gasteiger partial charge in [0.05, 0.1) is 5.41 Å². The van der Waals surface area contributed by atoms with Gasteiger partial charge in [-0.1, -0.05) is 0 Å². The number of hydrogen-bond acceptors (Lipinski definition) is 3. The maximum atomic E-state index is 11.1. The first-order chi connectivity index (χ1) is 6.40. The van der Waals surface area contributed by atoms with Crippen molar-refractivity contribution < 1.29 is 14.7 Å². The van der Waals surface area contributed by atoms with Gasteiger partial charge < -0.3 is 16.2 Å². The van der Waals surface area contributed by atoms with Crippen LogP contribution in [0.1, 0.15) is 26.7 Å². The number of carbonyl (C=O) groups is 2. The second kappa shape index (κ2) is 5.59. The van der Waals surface area contributed by atoms with Crippen LogP contribution in [0.2, 0.25) is 0 Å². The maximum absolute atomic E-state index is 11.1. The number of nitrogens with one attached hydrogen (secondary N) is 1. The van der Waals surface area contributed by atoms with E-state index in [1.807, 2.05) is 0 Å². The fourth-order valence-corrected chi connectivity index (χ4v) is 0.735. The van der Waals surface area contributed by atoms with Crippen LogP contribution >= 0.6 is 0 Å². The molecule has 0 saturated heterocycles. The van der Waals surface area contributed by atoms with Crippen LogP contribution in [0.5, 0.6) is 0 Å². The van der Waals surface area contributed by atoms with Crippen molar-refractivity contribution in [1.29, 1.82) is 0 Å². The standard InChI is InChI=1S/C9H18N2O3/c1-9(2,8(10)14)6-11-7(13)4-3-5-12/h12H,3-6H2,1-2H3,(H2,10,14)(H,11,13). The SMILES string of the molecule is CC(C)(CNC(=O)CCCO)C(N)=O. The molecule has 0 rings (SSSR count). The molecule has 0 atom stereocenters. The van der Waals surface area contributed by atoms with Crippen LogP contribution in [0.25, 0.3) is 0 Å². The molecule has 0 spiro atoms.